The van der Waals surface area contributed by atoms with E-state index in [0.29, 0.717) is 29.2 Å². The summed E-state index contributed by atoms with van der Waals surface area (Å²) in [6.07, 6.45) is 0.858. The molecule has 3 N–H and O–H groups in total. The van der Waals surface area contributed by atoms with Gasteiger partial charge in [-0.1, -0.05) is 25.1 Å². The van der Waals surface area contributed by atoms with Gasteiger partial charge in [0.25, 0.3) is 5.91 Å². The smallest absolute Gasteiger partial charge is 0.259 e. The number of para-hydroxylation sites is 1. The van der Waals surface area contributed by atoms with Crippen LogP contribution in [-0.4, -0.2) is 18.4 Å². The highest BCUT2D eigenvalue weighted by Crippen LogP contribution is 2.20. The molecular formula is C17H18N2O3. The zero-order valence-corrected chi connectivity index (χ0v) is 12.3. The molecule has 2 aromatic carbocycles. The van der Waals surface area contributed by atoms with Crippen LogP contribution in [0.25, 0.3) is 0 Å². The van der Waals surface area contributed by atoms with E-state index in [4.69, 9.17) is 10.5 Å². The third kappa shape index (κ3) is 3.85. The average Bonchev–Trinajstić information content (AvgIpc) is 2.53. The largest absolute Gasteiger partial charge is 0.493 e. The van der Waals surface area contributed by atoms with E-state index in [1.165, 1.54) is 6.07 Å². The van der Waals surface area contributed by atoms with Crippen LogP contribution in [0.4, 0.5) is 5.69 Å². The van der Waals surface area contributed by atoms with Crippen LogP contribution in [0.1, 0.15) is 34.1 Å². The lowest BCUT2D eigenvalue weighted by Crippen LogP contribution is -2.15. The number of carbonyl (C=O) groups is 2. The Balaban J connectivity index is 2.19. The van der Waals surface area contributed by atoms with Gasteiger partial charge < -0.3 is 15.8 Å². The predicted molar refractivity (Wildman–Crippen MR) is 85.1 cm³/mol. The standard InChI is InChI=1S/C17H18N2O3/c1-2-10-22-15-9-4-3-8-14(15)17(21)19-13-7-5-6-12(11-13)16(18)20/h3-9,11H,2,10H2,1H3,(H2,18,20)(H,19,21). The molecular weight excluding hydrogens is 280 g/mol. The van der Waals surface area contributed by atoms with Crippen molar-refractivity contribution in [2.24, 2.45) is 5.73 Å². The number of anilines is 1. The molecule has 0 aliphatic carbocycles. The molecule has 2 amide bonds. The molecule has 5 heteroatoms. The minimum Gasteiger partial charge on any atom is -0.493 e. The summed E-state index contributed by atoms with van der Waals surface area (Å²) >= 11 is 0. The number of amides is 2. The summed E-state index contributed by atoms with van der Waals surface area (Å²) in [4.78, 5) is 23.5. The van der Waals surface area contributed by atoms with Crippen LogP contribution >= 0.6 is 0 Å². The fourth-order valence-electron chi connectivity index (χ4n) is 1.94. The van der Waals surface area contributed by atoms with Gasteiger partial charge in [0.2, 0.25) is 5.91 Å². The SMILES string of the molecule is CCCOc1ccccc1C(=O)Nc1cccc(C(N)=O)c1. The molecule has 5 nitrogen and oxygen atoms in total. The summed E-state index contributed by atoms with van der Waals surface area (Å²) in [6.45, 7) is 2.54. The van der Waals surface area contributed by atoms with Gasteiger partial charge in [-0.05, 0) is 36.8 Å². The van der Waals surface area contributed by atoms with Gasteiger partial charge in [-0.15, -0.1) is 0 Å². The van der Waals surface area contributed by atoms with Crippen molar-refractivity contribution in [3.63, 3.8) is 0 Å². The maximum atomic E-state index is 12.4. The Morgan fingerprint density at radius 1 is 1.14 bits per heavy atom. The van der Waals surface area contributed by atoms with E-state index in [9.17, 15) is 9.59 Å². The lowest BCUT2D eigenvalue weighted by molar-refractivity contribution is 0.0995. The molecule has 0 bridgehead atoms. The first-order chi connectivity index (χ1) is 10.6. The van der Waals surface area contributed by atoms with Crippen molar-refractivity contribution in [1.29, 1.82) is 0 Å². The van der Waals surface area contributed by atoms with Crippen molar-refractivity contribution >= 4 is 17.5 Å². The van der Waals surface area contributed by atoms with Gasteiger partial charge in [-0.3, -0.25) is 9.59 Å². The molecule has 0 radical (unpaired) electrons. The number of hydrogen-bond acceptors (Lipinski definition) is 3. The summed E-state index contributed by atoms with van der Waals surface area (Å²) in [6, 6.07) is 13.5. The quantitative estimate of drug-likeness (QED) is 0.860. The van der Waals surface area contributed by atoms with Crippen LogP contribution in [0.5, 0.6) is 5.75 Å². The first-order valence-electron chi connectivity index (χ1n) is 7.05. The molecule has 0 saturated carbocycles. The van der Waals surface area contributed by atoms with E-state index >= 15 is 0 Å². The van der Waals surface area contributed by atoms with Crippen molar-refractivity contribution in [2.75, 3.05) is 11.9 Å². The molecule has 0 fully saturated rings. The van der Waals surface area contributed by atoms with Crippen LogP contribution in [0, 0.1) is 0 Å². The van der Waals surface area contributed by atoms with Crippen molar-refractivity contribution in [1.82, 2.24) is 0 Å². The van der Waals surface area contributed by atoms with Gasteiger partial charge in [0.1, 0.15) is 5.75 Å². The minimum absolute atomic E-state index is 0.298. The normalized spacial score (nSPS) is 10.0. The summed E-state index contributed by atoms with van der Waals surface area (Å²) < 4.78 is 5.57. The van der Waals surface area contributed by atoms with Crippen LogP contribution in [0.15, 0.2) is 48.5 Å². The number of rotatable bonds is 6. The highest BCUT2D eigenvalue weighted by Gasteiger charge is 2.12. The zero-order chi connectivity index (χ0) is 15.9. The second-order valence-electron chi connectivity index (χ2n) is 4.74. The number of nitrogens with one attached hydrogen (secondary N) is 1. The van der Waals surface area contributed by atoms with Crippen molar-refractivity contribution in [2.45, 2.75) is 13.3 Å². The molecule has 0 aliphatic heterocycles. The maximum absolute atomic E-state index is 12.4. The van der Waals surface area contributed by atoms with E-state index in [2.05, 4.69) is 5.32 Å². The Labute approximate surface area is 129 Å². The summed E-state index contributed by atoms with van der Waals surface area (Å²) in [5.74, 6) is -0.302. The van der Waals surface area contributed by atoms with Crippen LogP contribution in [-0.2, 0) is 0 Å². The van der Waals surface area contributed by atoms with Crippen molar-refractivity contribution < 1.29 is 14.3 Å². The van der Waals surface area contributed by atoms with Gasteiger partial charge in [0, 0.05) is 11.3 Å². The molecule has 0 saturated heterocycles. The number of ether oxygens (including phenoxy) is 1. The Bertz CT molecular complexity index is 683. The number of benzene rings is 2. The van der Waals surface area contributed by atoms with Crippen LogP contribution < -0.4 is 15.8 Å². The van der Waals surface area contributed by atoms with Gasteiger partial charge in [-0.2, -0.15) is 0 Å². The van der Waals surface area contributed by atoms with Gasteiger partial charge in [0.15, 0.2) is 0 Å². The minimum atomic E-state index is -0.539. The highest BCUT2D eigenvalue weighted by molar-refractivity contribution is 6.06. The monoisotopic (exact) mass is 298 g/mol. The Kier molecular flexibility index (Phi) is 5.14. The van der Waals surface area contributed by atoms with E-state index in [1.807, 2.05) is 13.0 Å². The maximum Gasteiger partial charge on any atom is 0.259 e. The molecule has 0 spiro atoms. The molecule has 22 heavy (non-hydrogen) atoms. The second-order valence-corrected chi connectivity index (χ2v) is 4.74. The molecule has 0 atom stereocenters. The molecule has 2 aromatic rings. The second kappa shape index (κ2) is 7.26. The number of hydrogen-bond donors (Lipinski definition) is 2. The fraction of sp³-hybridized carbons (Fsp3) is 0.176. The van der Waals surface area contributed by atoms with Gasteiger partial charge in [0.05, 0.1) is 12.2 Å². The number of nitrogens with two attached hydrogens (primary N) is 1. The average molecular weight is 298 g/mol. The van der Waals surface area contributed by atoms with E-state index in [-0.39, 0.29) is 5.91 Å². The van der Waals surface area contributed by atoms with E-state index in [1.54, 1.807) is 36.4 Å². The molecule has 2 rings (SSSR count). The van der Waals surface area contributed by atoms with Crippen molar-refractivity contribution in [3.8, 4) is 5.75 Å². The molecule has 0 aliphatic rings. The Hall–Kier alpha value is -2.82. The third-order valence-electron chi connectivity index (χ3n) is 3.00. The van der Waals surface area contributed by atoms with Crippen LogP contribution in [0.2, 0.25) is 0 Å². The summed E-state index contributed by atoms with van der Waals surface area (Å²) in [5, 5.41) is 2.74. The van der Waals surface area contributed by atoms with E-state index < -0.39 is 5.91 Å². The molecule has 0 unspecified atom stereocenters. The number of primary amides is 1. The Morgan fingerprint density at radius 3 is 2.64 bits per heavy atom. The third-order valence-corrected chi connectivity index (χ3v) is 3.00. The molecule has 0 heterocycles. The highest BCUT2D eigenvalue weighted by atomic mass is 16.5. The fourth-order valence-corrected chi connectivity index (χ4v) is 1.94. The van der Waals surface area contributed by atoms with E-state index in [0.717, 1.165) is 6.42 Å². The van der Waals surface area contributed by atoms with Crippen molar-refractivity contribution in [3.05, 3.63) is 59.7 Å². The summed E-state index contributed by atoms with van der Waals surface area (Å²) in [7, 11) is 0. The topological polar surface area (TPSA) is 81.4 Å². The number of carbonyl (C=O) groups excluding carboxylic acids is 2. The van der Waals surface area contributed by atoms with Gasteiger partial charge in [-0.25, -0.2) is 0 Å². The first kappa shape index (κ1) is 15.6. The summed E-state index contributed by atoms with van der Waals surface area (Å²) in [5.41, 5.74) is 6.52. The Morgan fingerprint density at radius 2 is 1.91 bits per heavy atom. The molecule has 0 aromatic heterocycles. The predicted octanol–water partition coefficient (Wildman–Crippen LogP) is 2.83. The first-order valence-corrected chi connectivity index (χ1v) is 7.05. The molecule has 114 valence electrons. The van der Waals surface area contributed by atoms with Crippen LogP contribution in [0.3, 0.4) is 0 Å². The van der Waals surface area contributed by atoms with Gasteiger partial charge >= 0.3 is 0 Å². The lowest BCUT2D eigenvalue weighted by Gasteiger charge is -2.11. The lowest BCUT2D eigenvalue weighted by atomic mass is 10.1. The zero-order valence-electron chi connectivity index (χ0n) is 12.3.